The summed E-state index contributed by atoms with van der Waals surface area (Å²) in [5.74, 6) is -3.14. The van der Waals surface area contributed by atoms with E-state index in [1.54, 1.807) is 0 Å². The lowest BCUT2D eigenvalue weighted by molar-refractivity contribution is -0.197. The third-order valence-electron chi connectivity index (χ3n) is 2.43. The molecular weight excluding hydrogens is 312 g/mol. The Morgan fingerprint density at radius 3 is 2.38 bits per heavy atom. The smallest absolute Gasteiger partial charge is 0.426 e. The minimum Gasteiger partial charge on any atom is -0.448 e. The molecule has 1 N–H and O–H groups in total. The third-order valence-corrected chi connectivity index (χ3v) is 3.16. The van der Waals surface area contributed by atoms with Gasteiger partial charge in [-0.3, -0.25) is 4.55 Å². The number of esters is 1. The van der Waals surface area contributed by atoms with Crippen molar-refractivity contribution in [2.45, 2.75) is 18.6 Å². The summed E-state index contributed by atoms with van der Waals surface area (Å²) < 4.78 is 71.7. The Morgan fingerprint density at radius 2 is 1.90 bits per heavy atom. The van der Waals surface area contributed by atoms with Gasteiger partial charge in [0.05, 0.1) is 13.4 Å². The van der Waals surface area contributed by atoms with Gasteiger partial charge in [0.2, 0.25) is 6.10 Å². The molecule has 1 aromatic rings. The van der Waals surface area contributed by atoms with Crippen LogP contribution in [0.5, 0.6) is 0 Å². The molecule has 0 aliphatic carbocycles. The highest BCUT2D eigenvalue weighted by Gasteiger charge is 2.45. The lowest BCUT2D eigenvalue weighted by Crippen LogP contribution is -2.39. The number of rotatable bonds is 5. The van der Waals surface area contributed by atoms with Crippen molar-refractivity contribution < 1.29 is 35.7 Å². The van der Waals surface area contributed by atoms with Crippen molar-refractivity contribution in [1.82, 2.24) is 0 Å². The van der Waals surface area contributed by atoms with Crippen molar-refractivity contribution in [3.8, 4) is 0 Å². The van der Waals surface area contributed by atoms with E-state index in [1.807, 2.05) is 0 Å². The fourth-order valence-corrected chi connectivity index (χ4v) is 2.12. The molecule has 0 heterocycles. The summed E-state index contributed by atoms with van der Waals surface area (Å²) in [7, 11) is 0.369. The van der Waals surface area contributed by atoms with E-state index in [0.717, 1.165) is 0 Å². The van der Waals surface area contributed by atoms with E-state index in [9.17, 15) is 26.4 Å². The molecule has 0 saturated heterocycles. The highest BCUT2D eigenvalue weighted by atomic mass is 32.2. The molecule has 10 heteroatoms. The van der Waals surface area contributed by atoms with Crippen molar-refractivity contribution in [1.29, 1.82) is 0 Å². The third kappa shape index (κ3) is 5.39. The number of hydrogen-bond donors (Lipinski definition) is 1. The van der Waals surface area contributed by atoms with Crippen LogP contribution >= 0.6 is 0 Å². The standard InChI is InChI=1S/C11H10BF3O5S/c12-5-7-3-1-2-4-8(7)10(16)20-9(11(13,14)15)6-21(17,18)19/h1-4,9H,5-6H2,(H,17,18,19). The van der Waals surface area contributed by atoms with Crippen LogP contribution in [0.1, 0.15) is 15.9 Å². The van der Waals surface area contributed by atoms with Crippen molar-refractivity contribution in [2.24, 2.45) is 0 Å². The van der Waals surface area contributed by atoms with Gasteiger partial charge in [-0.25, -0.2) is 4.79 Å². The van der Waals surface area contributed by atoms with Crippen LogP contribution in [0.2, 0.25) is 0 Å². The maximum Gasteiger partial charge on any atom is 0.426 e. The highest BCUT2D eigenvalue weighted by molar-refractivity contribution is 7.85. The zero-order valence-electron chi connectivity index (χ0n) is 10.5. The zero-order valence-corrected chi connectivity index (χ0v) is 11.3. The predicted molar refractivity (Wildman–Crippen MR) is 67.6 cm³/mol. The molecule has 5 nitrogen and oxygen atoms in total. The molecule has 0 bridgehead atoms. The van der Waals surface area contributed by atoms with Crippen LogP contribution in [0.3, 0.4) is 0 Å². The molecule has 1 aromatic carbocycles. The zero-order chi connectivity index (χ0) is 16.3. The van der Waals surface area contributed by atoms with E-state index >= 15 is 0 Å². The Labute approximate surface area is 120 Å². The van der Waals surface area contributed by atoms with Gasteiger partial charge in [-0.2, -0.15) is 21.6 Å². The van der Waals surface area contributed by atoms with Crippen LogP contribution in [0, 0.1) is 0 Å². The molecule has 0 saturated carbocycles. The van der Waals surface area contributed by atoms with Gasteiger partial charge in [0.15, 0.2) is 0 Å². The summed E-state index contributed by atoms with van der Waals surface area (Å²) >= 11 is 0. The van der Waals surface area contributed by atoms with E-state index in [1.165, 1.54) is 24.3 Å². The lowest BCUT2D eigenvalue weighted by atomic mass is 9.93. The number of benzene rings is 1. The van der Waals surface area contributed by atoms with E-state index in [4.69, 9.17) is 12.4 Å². The van der Waals surface area contributed by atoms with E-state index < -0.39 is 34.1 Å². The van der Waals surface area contributed by atoms with Crippen LogP contribution in [0.25, 0.3) is 0 Å². The monoisotopic (exact) mass is 322 g/mol. The van der Waals surface area contributed by atoms with Gasteiger partial charge in [0.25, 0.3) is 10.1 Å². The molecule has 21 heavy (non-hydrogen) atoms. The average Bonchev–Trinajstić information content (AvgIpc) is 2.35. The van der Waals surface area contributed by atoms with Crippen LogP contribution in [-0.2, 0) is 21.2 Å². The SMILES string of the molecule is [B]Cc1ccccc1C(=O)OC(CS(=O)(=O)O)C(F)(F)F. The molecule has 0 amide bonds. The predicted octanol–water partition coefficient (Wildman–Crippen LogP) is 1.33. The molecule has 0 fully saturated rings. The maximum atomic E-state index is 12.6. The first-order valence-electron chi connectivity index (χ1n) is 5.55. The molecule has 0 aromatic heterocycles. The summed E-state index contributed by atoms with van der Waals surface area (Å²) in [6.45, 7) is 0. The second-order valence-electron chi connectivity index (χ2n) is 4.05. The minimum absolute atomic E-state index is 0.111. The van der Waals surface area contributed by atoms with Gasteiger partial charge in [0.1, 0.15) is 5.75 Å². The molecule has 0 aliphatic rings. The summed E-state index contributed by atoms with van der Waals surface area (Å²) in [6, 6.07) is 5.53. The van der Waals surface area contributed by atoms with Gasteiger partial charge in [-0.05, 0) is 11.6 Å². The summed E-state index contributed by atoms with van der Waals surface area (Å²) in [5.41, 5.74) is 0.0415. The first kappa shape index (κ1) is 17.5. The molecule has 1 rings (SSSR count). The van der Waals surface area contributed by atoms with Gasteiger partial charge in [-0.1, -0.05) is 24.5 Å². The van der Waals surface area contributed by atoms with Gasteiger partial charge in [-0.15, -0.1) is 0 Å². The minimum atomic E-state index is -5.14. The molecular formula is C11H10BF3O5S. The van der Waals surface area contributed by atoms with Crippen molar-refractivity contribution in [3.05, 3.63) is 35.4 Å². The Hall–Kier alpha value is -1.55. The normalized spacial score (nSPS) is 13.7. The number of ether oxygens (including phenoxy) is 1. The summed E-state index contributed by atoms with van der Waals surface area (Å²) in [5, 5.41) is 0. The lowest BCUT2D eigenvalue weighted by Gasteiger charge is -2.20. The fourth-order valence-electron chi connectivity index (χ4n) is 1.48. The Morgan fingerprint density at radius 1 is 1.33 bits per heavy atom. The molecule has 0 spiro atoms. The first-order valence-corrected chi connectivity index (χ1v) is 7.16. The number of carbonyl (C=O) groups is 1. The van der Waals surface area contributed by atoms with Gasteiger partial charge < -0.3 is 4.74 Å². The topological polar surface area (TPSA) is 80.7 Å². The number of halogens is 3. The Kier molecular flexibility index (Phi) is 5.40. The molecule has 1 unspecified atom stereocenters. The van der Waals surface area contributed by atoms with Crippen LogP contribution in [0.15, 0.2) is 24.3 Å². The molecule has 2 radical (unpaired) electrons. The Bertz CT molecular complexity index is 615. The van der Waals surface area contributed by atoms with Crippen LogP contribution in [-0.4, -0.2) is 44.8 Å². The van der Waals surface area contributed by atoms with Crippen molar-refractivity contribution in [3.63, 3.8) is 0 Å². The maximum absolute atomic E-state index is 12.6. The van der Waals surface area contributed by atoms with Gasteiger partial charge >= 0.3 is 12.1 Å². The summed E-state index contributed by atoms with van der Waals surface area (Å²) in [4.78, 5) is 11.7. The molecule has 0 aliphatic heterocycles. The molecule has 114 valence electrons. The van der Waals surface area contributed by atoms with Crippen molar-refractivity contribution >= 4 is 23.9 Å². The number of carbonyl (C=O) groups excluding carboxylic acids is 1. The number of alkyl halides is 3. The van der Waals surface area contributed by atoms with Crippen LogP contribution in [0.4, 0.5) is 13.2 Å². The van der Waals surface area contributed by atoms with Crippen molar-refractivity contribution in [2.75, 3.05) is 5.75 Å². The fraction of sp³-hybridized carbons (Fsp3) is 0.364. The van der Waals surface area contributed by atoms with Crippen LogP contribution < -0.4 is 0 Å². The van der Waals surface area contributed by atoms with Gasteiger partial charge in [0, 0.05) is 0 Å². The Balaban J connectivity index is 3.01. The highest BCUT2D eigenvalue weighted by Crippen LogP contribution is 2.25. The quantitative estimate of drug-likeness (QED) is 0.502. The summed E-state index contributed by atoms with van der Waals surface area (Å²) in [6.07, 6.45) is -8.21. The second kappa shape index (κ2) is 6.48. The van der Waals surface area contributed by atoms with E-state index in [0.29, 0.717) is 0 Å². The van der Waals surface area contributed by atoms with E-state index in [-0.39, 0.29) is 17.4 Å². The largest absolute Gasteiger partial charge is 0.448 e. The average molecular weight is 322 g/mol. The second-order valence-corrected chi connectivity index (χ2v) is 5.54. The van der Waals surface area contributed by atoms with E-state index in [2.05, 4.69) is 4.74 Å². The first-order chi connectivity index (χ1) is 9.54. The number of hydrogen-bond acceptors (Lipinski definition) is 4. The molecule has 1 atom stereocenters.